The number of hydrogen-bond donors (Lipinski definition) is 0. The summed E-state index contributed by atoms with van der Waals surface area (Å²) >= 11 is 1.37. The summed E-state index contributed by atoms with van der Waals surface area (Å²) in [6.07, 6.45) is 1.88. The molecule has 4 rings (SSSR count). The SMILES string of the molecule is CCOc1ccccc1C=C1SC(=Nc2ccccc2)N(c2ccccc2)C1=O. The molecule has 0 radical (unpaired) electrons. The van der Waals surface area contributed by atoms with Gasteiger partial charge in [-0.05, 0) is 55.1 Å². The minimum Gasteiger partial charge on any atom is -0.493 e. The molecule has 0 saturated carbocycles. The maximum Gasteiger partial charge on any atom is 0.271 e. The third-order valence-electron chi connectivity index (χ3n) is 4.31. The van der Waals surface area contributed by atoms with Crippen molar-refractivity contribution in [3.05, 3.63) is 95.4 Å². The molecule has 1 amide bonds. The third-order valence-corrected chi connectivity index (χ3v) is 5.28. The fourth-order valence-corrected chi connectivity index (χ4v) is 3.99. The van der Waals surface area contributed by atoms with E-state index in [1.54, 1.807) is 4.90 Å². The van der Waals surface area contributed by atoms with E-state index in [1.165, 1.54) is 11.8 Å². The largest absolute Gasteiger partial charge is 0.493 e. The topological polar surface area (TPSA) is 41.9 Å². The molecular formula is C24H20N2O2S. The molecule has 1 aliphatic rings. The number of anilines is 1. The van der Waals surface area contributed by atoms with Crippen LogP contribution in [0.4, 0.5) is 11.4 Å². The number of ether oxygens (including phenoxy) is 1. The van der Waals surface area contributed by atoms with Crippen LogP contribution in [0.15, 0.2) is 94.8 Å². The summed E-state index contributed by atoms with van der Waals surface area (Å²) in [6.45, 7) is 2.51. The van der Waals surface area contributed by atoms with Crippen LogP contribution in [0.25, 0.3) is 6.08 Å². The lowest BCUT2D eigenvalue weighted by Crippen LogP contribution is -2.28. The molecule has 0 spiro atoms. The summed E-state index contributed by atoms with van der Waals surface area (Å²) in [4.78, 5) is 20.3. The Kier molecular flexibility index (Phi) is 5.77. The Balaban J connectivity index is 1.77. The second kappa shape index (κ2) is 8.80. The van der Waals surface area contributed by atoms with Crippen LogP contribution in [-0.2, 0) is 4.79 Å². The number of amidine groups is 1. The summed E-state index contributed by atoms with van der Waals surface area (Å²) in [6, 6.07) is 27.0. The molecule has 0 aromatic heterocycles. The van der Waals surface area contributed by atoms with Crippen molar-refractivity contribution < 1.29 is 9.53 Å². The van der Waals surface area contributed by atoms with Gasteiger partial charge in [-0.3, -0.25) is 9.69 Å². The van der Waals surface area contributed by atoms with Crippen LogP contribution in [0.2, 0.25) is 0 Å². The van der Waals surface area contributed by atoms with Crippen molar-refractivity contribution in [2.24, 2.45) is 4.99 Å². The van der Waals surface area contributed by atoms with Crippen LogP contribution in [0.1, 0.15) is 12.5 Å². The van der Waals surface area contributed by atoms with Gasteiger partial charge in [-0.15, -0.1) is 0 Å². The first-order chi connectivity index (χ1) is 14.3. The molecule has 5 heteroatoms. The van der Waals surface area contributed by atoms with Crippen LogP contribution in [-0.4, -0.2) is 17.7 Å². The molecule has 0 aliphatic carbocycles. The lowest BCUT2D eigenvalue weighted by atomic mass is 10.2. The highest BCUT2D eigenvalue weighted by molar-refractivity contribution is 8.19. The Bertz CT molecular complexity index is 1060. The second-order valence-electron chi connectivity index (χ2n) is 6.29. The van der Waals surface area contributed by atoms with E-state index in [1.807, 2.05) is 97.9 Å². The van der Waals surface area contributed by atoms with Crippen molar-refractivity contribution >= 4 is 40.3 Å². The van der Waals surface area contributed by atoms with Gasteiger partial charge in [-0.1, -0.05) is 54.6 Å². The first-order valence-electron chi connectivity index (χ1n) is 9.41. The highest BCUT2D eigenvalue weighted by Crippen LogP contribution is 2.38. The van der Waals surface area contributed by atoms with Gasteiger partial charge in [0.1, 0.15) is 5.75 Å². The van der Waals surface area contributed by atoms with Crippen LogP contribution >= 0.6 is 11.8 Å². The van der Waals surface area contributed by atoms with Gasteiger partial charge in [-0.2, -0.15) is 0 Å². The fraction of sp³-hybridized carbons (Fsp3) is 0.0833. The number of carbonyl (C=O) groups excluding carboxylic acids is 1. The minimum atomic E-state index is -0.0952. The molecule has 0 N–H and O–H groups in total. The predicted octanol–water partition coefficient (Wildman–Crippen LogP) is 5.89. The molecule has 3 aromatic rings. The average molecular weight is 401 g/mol. The van der Waals surface area contributed by atoms with Gasteiger partial charge in [0.25, 0.3) is 5.91 Å². The van der Waals surface area contributed by atoms with Crippen molar-refractivity contribution in [3.8, 4) is 5.75 Å². The predicted molar refractivity (Wildman–Crippen MR) is 121 cm³/mol. The van der Waals surface area contributed by atoms with Gasteiger partial charge in [0.05, 0.1) is 22.9 Å². The fourth-order valence-electron chi connectivity index (χ4n) is 2.99. The monoisotopic (exact) mass is 400 g/mol. The van der Waals surface area contributed by atoms with Gasteiger partial charge in [0, 0.05) is 5.56 Å². The minimum absolute atomic E-state index is 0.0952. The molecule has 0 bridgehead atoms. The molecule has 4 nitrogen and oxygen atoms in total. The van der Waals surface area contributed by atoms with E-state index in [2.05, 4.69) is 0 Å². The molecule has 0 atom stereocenters. The summed E-state index contributed by atoms with van der Waals surface area (Å²) in [5.74, 6) is 0.665. The van der Waals surface area contributed by atoms with Gasteiger partial charge in [-0.25, -0.2) is 4.99 Å². The Hall–Kier alpha value is -3.31. The first kappa shape index (κ1) is 19.0. The zero-order valence-electron chi connectivity index (χ0n) is 16.0. The van der Waals surface area contributed by atoms with E-state index >= 15 is 0 Å². The number of carbonyl (C=O) groups is 1. The lowest BCUT2D eigenvalue weighted by molar-refractivity contribution is -0.113. The smallest absolute Gasteiger partial charge is 0.271 e. The zero-order chi connectivity index (χ0) is 20.1. The number of nitrogens with zero attached hydrogens (tertiary/aromatic N) is 2. The van der Waals surface area contributed by atoms with Gasteiger partial charge in [0.15, 0.2) is 5.17 Å². The van der Waals surface area contributed by atoms with Crippen LogP contribution in [0.5, 0.6) is 5.75 Å². The molecule has 1 fully saturated rings. The van der Waals surface area contributed by atoms with Gasteiger partial charge in [0.2, 0.25) is 0 Å². The Morgan fingerprint density at radius 2 is 1.59 bits per heavy atom. The van der Waals surface area contributed by atoms with Crippen molar-refractivity contribution in [3.63, 3.8) is 0 Å². The molecule has 144 valence electrons. The molecule has 1 saturated heterocycles. The average Bonchev–Trinajstić information content (AvgIpc) is 3.05. The number of aliphatic imine (C=N–C) groups is 1. The number of thioether (sulfide) groups is 1. The van der Waals surface area contributed by atoms with E-state index in [4.69, 9.17) is 9.73 Å². The third kappa shape index (κ3) is 4.25. The van der Waals surface area contributed by atoms with Crippen LogP contribution in [0, 0.1) is 0 Å². The van der Waals surface area contributed by atoms with Crippen molar-refractivity contribution in [2.75, 3.05) is 11.5 Å². The van der Waals surface area contributed by atoms with E-state index in [0.717, 1.165) is 22.7 Å². The quantitative estimate of drug-likeness (QED) is 0.501. The molecular weight excluding hydrogens is 380 g/mol. The standard InChI is InChI=1S/C24H20N2O2S/c1-2-28-21-16-10-9-11-18(21)17-22-23(27)26(20-14-7-4-8-15-20)24(29-22)25-19-12-5-3-6-13-19/h3-17H,2H2,1H3. The van der Waals surface area contributed by atoms with Crippen LogP contribution in [0.3, 0.4) is 0 Å². The Morgan fingerprint density at radius 3 is 2.31 bits per heavy atom. The van der Waals surface area contributed by atoms with E-state index < -0.39 is 0 Å². The number of benzene rings is 3. The maximum absolute atomic E-state index is 13.3. The number of amides is 1. The van der Waals surface area contributed by atoms with E-state index in [9.17, 15) is 4.79 Å². The molecule has 0 unspecified atom stereocenters. The number of para-hydroxylation sites is 3. The van der Waals surface area contributed by atoms with E-state index in [0.29, 0.717) is 16.7 Å². The Morgan fingerprint density at radius 1 is 0.931 bits per heavy atom. The van der Waals surface area contributed by atoms with Crippen molar-refractivity contribution in [1.29, 1.82) is 0 Å². The normalized spacial score (nSPS) is 16.6. The molecule has 29 heavy (non-hydrogen) atoms. The second-order valence-corrected chi connectivity index (χ2v) is 7.30. The summed E-state index contributed by atoms with van der Waals surface area (Å²) < 4.78 is 5.71. The zero-order valence-corrected chi connectivity index (χ0v) is 16.8. The van der Waals surface area contributed by atoms with Gasteiger partial charge >= 0.3 is 0 Å². The first-order valence-corrected chi connectivity index (χ1v) is 10.2. The van der Waals surface area contributed by atoms with Gasteiger partial charge < -0.3 is 4.74 Å². The molecule has 1 aliphatic heterocycles. The highest BCUT2D eigenvalue weighted by Gasteiger charge is 2.34. The Labute approximate surface area is 174 Å². The van der Waals surface area contributed by atoms with E-state index in [-0.39, 0.29) is 5.91 Å². The number of rotatable bonds is 5. The lowest BCUT2D eigenvalue weighted by Gasteiger charge is -2.15. The van der Waals surface area contributed by atoms with Crippen molar-refractivity contribution in [1.82, 2.24) is 0 Å². The van der Waals surface area contributed by atoms with Crippen LogP contribution < -0.4 is 9.64 Å². The molecule has 1 heterocycles. The summed E-state index contributed by atoms with van der Waals surface area (Å²) in [7, 11) is 0. The molecule has 3 aromatic carbocycles. The summed E-state index contributed by atoms with van der Waals surface area (Å²) in [5, 5.41) is 0.632. The maximum atomic E-state index is 13.3. The van der Waals surface area contributed by atoms with Crippen molar-refractivity contribution in [2.45, 2.75) is 6.92 Å². The summed E-state index contributed by atoms with van der Waals surface area (Å²) in [5.41, 5.74) is 2.47. The number of hydrogen-bond acceptors (Lipinski definition) is 4. The highest BCUT2D eigenvalue weighted by atomic mass is 32.2.